The molecule has 2 amide bonds. The highest BCUT2D eigenvalue weighted by Crippen LogP contribution is 2.24. The van der Waals surface area contributed by atoms with Crippen LogP contribution in [0.15, 0.2) is 77.6 Å². The number of H-pyrrole nitrogens is 1. The van der Waals surface area contributed by atoms with Crippen LogP contribution in [0, 0.1) is 0 Å². The molecule has 5 aromatic rings. The number of carbonyl (C=O) groups excluding carboxylic acids is 2. The Hall–Kier alpha value is -4.72. The van der Waals surface area contributed by atoms with Gasteiger partial charge in [-0.2, -0.15) is 0 Å². The zero-order chi connectivity index (χ0) is 25.5. The molecule has 3 heterocycles. The SMILES string of the molecule is COc1ccc2cc(CCn3c(CCN4C(=O)c5ccccc5C4=O)nc4ccccc4c3=O)[nH]c2c1. The van der Waals surface area contributed by atoms with E-state index in [-0.39, 0.29) is 30.3 Å². The monoisotopic (exact) mass is 492 g/mol. The first kappa shape index (κ1) is 22.7. The van der Waals surface area contributed by atoms with Crippen LogP contribution in [0.2, 0.25) is 0 Å². The number of carbonyl (C=O) groups is 2. The number of fused-ring (bicyclic) bond motifs is 3. The summed E-state index contributed by atoms with van der Waals surface area (Å²) in [6.07, 6.45) is 0.854. The summed E-state index contributed by atoms with van der Waals surface area (Å²) >= 11 is 0. The van der Waals surface area contributed by atoms with Gasteiger partial charge in [-0.05, 0) is 47.9 Å². The number of aromatic nitrogens is 3. The predicted molar refractivity (Wildman–Crippen MR) is 140 cm³/mol. The van der Waals surface area contributed by atoms with Crippen LogP contribution in [0.3, 0.4) is 0 Å². The molecule has 3 aromatic carbocycles. The van der Waals surface area contributed by atoms with Gasteiger partial charge >= 0.3 is 0 Å². The van der Waals surface area contributed by atoms with Gasteiger partial charge in [-0.3, -0.25) is 23.9 Å². The average molecular weight is 493 g/mol. The summed E-state index contributed by atoms with van der Waals surface area (Å²) < 4.78 is 6.97. The van der Waals surface area contributed by atoms with E-state index in [1.54, 1.807) is 48.1 Å². The van der Waals surface area contributed by atoms with Crippen molar-refractivity contribution >= 4 is 33.6 Å². The fraction of sp³-hybridized carbons (Fsp3) is 0.172. The summed E-state index contributed by atoms with van der Waals surface area (Å²) in [5.41, 5.74) is 3.22. The first-order valence-electron chi connectivity index (χ1n) is 12.1. The number of imide groups is 1. The topological polar surface area (TPSA) is 97.3 Å². The molecule has 184 valence electrons. The van der Waals surface area contributed by atoms with Gasteiger partial charge in [0.25, 0.3) is 17.4 Å². The Labute approximate surface area is 212 Å². The van der Waals surface area contributed by atoms with Crippen LogP contribution in [0.5, 0.6) is 5.75 Å². The molecule has 1 aliphatic rings. The number of aromatic amines is 1. The number of hydrogen-bond acceptors (Lipinski definition) is 5. The van der Waals surface area contributed by atoms with Gasteiger partial charge in [-0.1, -0.05) is 24.3 Å². The van der Waals surface area contributed by atoms with E-state index in [1.807, 2.05) is 30.3 Å². The van der Waals surface area contributed by atoms with Crippen LogP contribution in [0.1, 0.15) is 32.2 Å². The molecule has 0 unspecified atom stereocenters. The maximum atomic E-state index is 13.5. The van der Waals surface area contributed by atoms with Crippen molar-refractivity contribution in [2.24, 2.45) is 0 Å². The summed E-state index contributed by atoms with van der Waals surface area (Å²) in [7, 11) is 1.63. The molecule has 0 radical (unpaired) electrons. The van der Waals surface area contributed by atoms with E-state index in [1.165, 1.54) is 4.90 Å². The molecular weight excluding hydrogens is 468 g/mol. The van der Waals surface area contributed by atoms with Crippen LogP contribution in [-0.4, -0.2) is 44.9 Å². The largest absolute Gasteiger partial charge is 0.497 e. The number of para-hydroxylation sites is 1. The normalized spacial score (nSPS) is 13.1. The van der Waals surface area contributed by atoms with Crippen LogP contribution >= 0.6 is 0 Å². The van der Waals surface area contributed by atoms with Crippen LogP contribution < -0.4 is 10.3 Å². The number of nitrogens with one attached hydrogen (secondary N) is 1. The number of nitrogens with zero attached hydrogens (tertiary/aromatic N) is 3. The third-order valence-corrected chi connectivity index (χ3v) is 6.87. The number of amides is 2. The highest BCUT2D eigenvalue weighted by atomic mass is 16.5. The molecule has 8 heteroatoms. The minimum Gasteiger partial charge on any atom is -0.497 e. The molecule has 0 spiro atoms. The highest BCUT2D eigenvalue weighted by Gasteiger charge is 2.34. The Morgan fingerprint density at radius 2 is 1.57 bits per heavy atom. The summed E-state index contributed by atoms with van der Waals surface area (Å²) in [4.78, 5) is 48.6. The molecule has 1 aliphatic heterocycles. The number of hydrogen-bond donors (Lipinski definition) is 1. The van der Waals surface area contributed by atoms with E-state index < -0.39 is 0 Å². The molecule has 0 aliphatic carbocycles. The zero-order valence-corrected chi connectivity index (χ0v) is 20.2. The van der Waals surface area contributed by atoms with Gasteiger partial charge in [-0.25, -0.2) is 4.98 Å². The van der Waals surface area contributed by atoms with Gasteiger partial charge < -0.3 is 9.72 Å². The summed E-state index contributed by atoms with van der Waals surface area (Å²) in [6.45, 7) is 0.543. The van der Waals surface area contributed by atoms with Crippen LogP contribution in [0.25, 0.3) is 21.8 Å². The summed E-state index contributed by atoms with van der Waals surface area (Å²) in [6, 6.07) is 22.0. The van der Waals surface area contributed by atoms with Gasteiger partial charge in [0.15, 0.2) is 0 Å². The second-order valence-corrected chi connectivity index (χ2v) is 9.06. The maximum Gasteiger partial charge on any atom is 0.261 e. The smallest absolute Gasteiger partial charge is 0.261 e. The van der Waals surface area contributed by atoms with Crippen LogP contribution in [-0.2, 0) is 19.4 Å². The Balaban J connectivity index is 1.30. The molecule has 2 aromatic heterocycles. The lowest BCUT2D eigenvalue weighted by Gasteiger charge is -2.17. The van der Waals surface area contributed by atoms with Gasteiger partial charge in [0.05, 0.1) is 29.1 Å². The van der Waals surface area contributed by atoms with Gasteiger partial charge in [0, 0.05) is 43.2 Å². The number of methoxy groups -OCH3 is 1. The van der Waals surface area contributed by atoms with Crippen molar-refractivity contribution in [1.29, 1.82) is 0 Å². The molecule has 6 rings (SSSR count). The van der Waals surface area contributed by atoms with Crippen molar-refractivity contribution in [3.8, 4) is 5.75 Å². The standard InChI is InChI=1S/C29H24N4O4/c1-37-20-11-10-18-16-19(30-25(18)17-20)12-14-32-26(31-24-9-5-4-8-23(24)29(32)36)13-15-33-27(34)21-6-2-3-7-22(21)28(33)35/h2-11,16-17,30H,12-15H2,1H3. The fourth-order valence-electron chi connectivity index (χ4n) is 4.95. The minimum atomic E-state index is -0.316. The van der Waals surface area contributed by atoms with E-state index in [4.69, 9.17) is 9.72 Å². The van der Waals surface area contributed by atoms with E-state index in [0.29, 0.717) is 40.8 Å². The van der Waals surface area contributed by atoms with Crippen molar-refractivity contribution in [3.63, 3.8) is 0 Å². The molecule has 0 saturated carbocycles. The molecule has 8 nitrogen and oxygen atoms in total. The van der Waals surface area contributed by atoms with Gasteiger partial charge in [0.2, 0.25) is 0 Å². The first-order chi connectivity index (χ1) is 18.0. The Morgan fingerprint density at radius 3 is 2.32 bits per heavy atom. The Kier molecular flexibility index (Phi) is 5.56. The van der Waals surface area contributed by atoms with E-state index in [9.17, 15) is 14.4 Å². The van der Waals surface area contributed by atoms with Crippen molar-refractivity contribution < 1.29 is 14.3 Å². The van der Waals surface area contributed by atoms with Crippen LogP contribution in [0.4, 0.5) is 0 Å². The molecule has 0 fully saturated rings. The van der Waals surface area contributed by atoms with E-state index in [2.05, 4.69) is 11.1 Å². The number of rotatable bonds is 7. The van der Waals surface area contributed by atoms with Crippen molar-refractivity contribution in [2.75, 3.05) is 13.7 Å². The second-order valence-electron chi connectivity index (χ2n) is 9.06. The number of benzene rings is 3. The summed E-state index contributed by atoms with van der Waals surface area (Å²) in [5, 5.41) is 1.60. The van der Waals surface area contributed by atoms with Gasteiger partial charge in [-0.15, -0.1) is 0 Å². The van der Waals surface area contributed by atoms with E-state index >= 15 is 0 Å². The molecular formula is C29H24N4O4. The highest BCUT2D eigenvalue weighted by molar-refractivity contribution is 6.21. The third-order valence-electron chi connectivity index (χ3n) is 6.87. The Morgan fingerprint density at radius 1 is 0.838 bits per heavy atom. The summed E-state index contributed by atoms with van der Waals surface area (Å²) in [5.74, 6) is 0.678. The number of ether oxygens (including phenoxy) is 1. The lowest BCUT2D eigenvalue weighted by Crippen LogP contribution is -2.34. The molecule has 0 saturated heterocycles. The lowest BCUT2D eigenvalue weighted by atomic mass is 10.1. The van der Waals surface area contributed by atoms with Crippen molar-refractivity contribution in [3.05, 3.63) is 106 Å². The Bertz CT molecular complexity index is 1720. The quantitative estimate of drug-likeness (QED) is 0.347. The fourth-order valence-corrected chi connectivity index (χ4v) is 4.95. The molecule has 1 N–H and O–H groups in total. The lowest BCUT2D eigenvalue weighted by molar-refractivity contribution is 0.0655. The molecule has 0 bridgehead atoms. The first-order valence-corrected chi connectivity index (χ1v) is 12.1. The second kappa shape index (κ2) is 9.05. The zero-order valence-electron chi connectivity index (χ0n) is 20.2. The van der Waals surface area contributed by atoms with Crippen molar-refractivity contribution in [1.82, 2.24) is 19.4 Å². The molecule has 0 atom stereocenters. The molecule has 37 heavy (non-hydrogen) atoms. The van der Waals surface area contributed by atoms with E-state index in [0.717, 1.165) is 22.3 Å². The third kappa shape index (κ3) is 3.96. The van der Waals surface area contributed by atoms with Gasteiger partial charge in [0.1, 0.15) is 11.6 Å². The van der Waals surface area contributed by atoms with Crippen molar-refractivity contribution in [2.45, 2.75) is 19.4 Å². The minimum absolute atomic E-state index is 0.138. The predicted octanol–water partition coefficient (Wildman–Crippen LogP) is 3.97. The average Bonchev–Trinajstić information content (AvgIpc) is 3.44. The number of aryl methyl sites for hydroxylation is 1. The maximum absolute atomic E-state index is 13.5.